The van der Waals surface area contributed by atoms with Crippen molar-refractivity contribution in [2.24, 2.45) is 5.10 Å². The SMILES string of the molecule is Cc1cn(-c2ccccc2)nc1C=NNC(=O)CSc1nnc(-c2ccccc2)n1-c1ccccc1. The number of nitrogens with zero attached hydrogens (tertiary/aromatic N) is 6. The normalized spacial score (nSPS) is 11.1. The smallest absolute Gasteiger partial charge is 0.250 e. The maximum absolute atomic E-state index is 12.5. The van der Waals surface area contributed by atoms with E-state index in [0.29, 0.717) is 16.7 Å². The summed E-state index contributed by atoms with van der Waals surface area (Å²) in [5.41, 5.74) is 7.04. The van der Waals surface area contributed by atoms with Crippen molar-refractivity contribution in [3.8, 4) is 22.8 Å². The van der Waals surface area contributed by atoms with Crippen LogP contribution in [-0.2, 0) is 4.79 Å². The molecule has 8 nitrogen and oxygen atoms in total. The van der Waals surface area contributed by atoms with Crippen molar-refractivity contribution in [1.82, 2.24) is 30.0 Å². The molecule has 0 spiro atoms. The molecule has 2 heterocycles. The highest BCUT2D eigenvalue weighted by Crippen LogP contribution is 2.27. The Hall–Kier alpha value is -4.50. The third-order valence-electron chi connectivity index (χ3n) is 5.34. The van der Waals surface area contributed by atoms with Crippen LogP contribution in [0.3, 0.4) is 0 Å². The van der Waals surface area contributed by atoms with E-state index in [1.165, 1.54) is 11.8 Å². The van der Waals surface area contributed by atoms with Gasteiger partial charge in [-0.05, 0) is 36.8 Å². The first kappa shape index (κ1) is 23.3. The van der Waals surface area contributed by atoms with Crippen LogP contribution in [0.1, 0.15) is 11.3 Å². The summed E-state index contributed by atoms with van der Waals surface area (Å²) >= 11 is 1.30. The Kier molecular flexibility index (Phi) is 7.00. The summed E-state index contributed by atoms with van der Waals surface area (Å²) in [6.45, 7) is 1.95. The van der Waals surface area contributed by atoms with Gasteiger partial charge < -0.3 is 0 Å². The molecule has 5 rings (SSSR count). The molecule has 2 aromatic heterocycles. The summed E-state index contributed by atoms with van der Waals surface area (Å²) in [4.78, 5) is 12.5. The zero-order valence-corrected chi connectivity index (χ0v) is 20.3. The predicted octanol–water partition coefficient (Wildman–Crippen LogP) is 4.67. The molecule has 0 radical (unpaired) electrons. The lowest BCUT2D eigenvalue weighted by Gasteiger charge is -2.10. The number of benzene rings is 3. The van der Waals surface area contributed by atoms with Crippen LogP contribution in [0.4, 0.5) is 0 Å². The monoisotopic (exact) mass is 493 g/mol. The van der Waals surface area contributed by atoms with Crippen LogP contribution in [0.5, 0.6) is 0 Å². The molecule has 0 saturated heterocycles. The minimum atomic E-state index is -0.250. The van der Waals surface area contributed by atoms with E-state index in [1.807, 2.05) is 109 Å². The molecule has 0 aliphatic heterocycles. The Morgan fingerprint density at radius 2 is 1.56 bits per heavy atom. The van der Waals surface area contributed by atoms with Gasteiger partial charge in [0.25, 0.3) is 5.91 Å². The fourth-order valence-corrected chi connectivity index (χ4v) is 4.33. The molecule has 3 aromatic carbocycles. The van der Waals surface area contributed by atoms with Crippen LogP contribution in [0, 0.1) is 6.92 Å². The van der Waals surface area contributed by atoms with Gasteiger partial charge in [-0.25, -0.2) is 10.1 Å². The molecule has 0 atom stereocenters. The van der Waals surface area contributed by atoms with Gasteiger partial charge in [-0.3, -0.25) is 9.36 Å². The lowest BCUT2D eigenvalue weighted by atomic mass is 10.2. The van der Waals surface area contributed by atoms with Gasteiger partial charge in [-0.15, -0.1) is 10.2 Å². The van der Waals surface area contributed by atoms with Gasteiger partial charge in [-0.1, -0.05) is 78.5 Å². The quantitative estimate of drug-likeness (QED) is 0.193. The van der Waals surface area contributed by atoms with E-state index in [1.54, 1.807) is 10.9 Å². The zero-order chi connectivity index (χ0) is 24.7. The first-order valence-corrected chi connectivity index (χ1v) is 12.3. The lowest BCUT2D eigenvalue weighted by molar-refractivity contribution is -0.118. The van der Waals surface area contributed by atoms with Gasteiger partial charge in [0, 0.05) is 17.4 Å². The molecule has 0 saturated carbocycles. The average molecular weight is 494 g/mol. The number of thioether (sulfide) groups is 1. The molecular weight excluding hydrogens is 470 g/mol. The largest absolute Gasteiger partial charge is 0.272 e. The summed E-state index contributed by atoms with van der Waals surface area (Å²) in [5.74, 6) is 0.599. The fourth-order valence-electron chi connectivity index (χ4n) is 3.59. The lowest BCUT2D eigenvalue weighted by Crippen LogP contribution is -2.20. The number of hydrazone groups is 1. The van der Waals surface area contributed by atoms with Crippen LogP contribution in [0.15, 0.2) is 107 Å². The molecule has 0 aliphatic carbocycles. The first-order valence-electron chi connectivity index (χ1n) is 11.3. The molecule has 0 aliphatic rings. The highest BCUT2D eigenvalue weighted by atomic mass is 32.2. The van der Waals surface area contributed by atoms with Crippen molar-refractivity contribution in [2.75, 3.05) is 5.75 Å². The number of carbonyl (C=O) groups is 1. The number of para-hydroxylation sites is 2. The molecule has 1 N–H and O–H groups in total. The van der Waals surface area contributed by atoms with Crippen LogP contribution < -0.4 is 5.43 Å². The molecular formula is C27H23N7OS. The van der Waals surface area contributed by atoms with Crippen molar-refractivity contribution >= 4 is 23.9 Å². The summed E-state index contributed by atoms with van der Waals surface area (Å²) in [7, 11) is 0. The first-order chi connectivity index (χ1) is 17.7. The maximum Gasteiger partial charge on any atom is 0.250 e. The van der Waals surface area contributed by atoms with Gasteiger partial charge in [0.1, 0.15) is 5.69 Å². The highest BCUT2D eigenvalue weighted by molar-refractivity contribution is 7.99. The molecule has 1 amide bonds. The molecule has 36 heavy (non-hydrogen) atoms. The number of nitrogens with one attached hydrogen (secondary N) is 1. The number of rotatable bonds is 8. The Bertz CT molecular complexity index is 1480. The number of hydrogen-bond donors (Lipinski definition) is 1. The van der Waals surface area contributed by atoms with E-state index in [4.69, 9.17) is 0 Å². The molecule has 178 valence electrons. The predicted molar refractivity (Wildman–Crippen MR) is 142 cm³/mol. The van der Waals surface area contributed by atoms with E-state index < -0.39 is 0 Å². The van der Waals surface area contributed by atoms with Crippen LogP contribution in [0.25, 0.3) is 22.8 Å². The second kappa shape index (κ2) is 10.8. The second-order valence-electron chi connectivity index (χ2n) is 7.90. The third-order valence-corrected chi connectivity index (χ3v) is 6.27. The Labute approximate surface area is 212 Å². The molecule has 0 fully saturated rings. The minimum Gasteiger partial charge on any atom is -0.272 e. The maximum atomic E-state index is 12.5. The zero-order valence-electron chi connectivity index (χ0n) is 19.5. The number of carbonyl (C=O) groups excluding carboxylic acids is 1. The highest BCUT2D eigenvalue weighted by Gasteiger charge is 2.17. The van der Waals surface area contributed by atoms with Gasteiger partial charge in [0.15, 0.2) is 11.0 Å². The number of amides is 1. The fraction of sp³-hybridized carbons (Fsp3) is 0.0741. The Balaban J connectivity index is 1.26. The van der Waals surface area contributed by atoms with Crippen LogP contribution in [0.2, 0.25) is 0 Å². The Morgan fingerprint density at radius 1 is 0.917 bits per heavy atom. The van der Waals surface area contributed by atoms with E-state index >= 15 is 0 Å². The van der Waals surface area contributed by atoms with Crippen molar-refractivity contribution in [3.63, 3.8) is 0 Å². The minimum absolute atomic E-state index is 0.133. The molecule has 5 aromatic rings. The van der Waals surface area contributed by atoms with Crippen molar-refractivity contribution in [2.45, 2.75) is 12.1 Å². The van der Waals surface area contributed by atoms with E-state index in [9.17, 15) is 4.79 Å². The Morgan fingerprint density at radius 3 is 2.25 bits per heavy atom. The van der Waals surface area contributed by atoms with Gasteiger partial charge in [-0.2, -0.15) is 10.2 Å². The van der Waals surface area contributed by atoms with Crippen molar-refractivity contribution in [3.05, 3.63) is 108 Å². The van der Waals surface area contributed by atoms with Crippen molar-refractivity contribution < 1.29 is 4.79 Å². The molecule has 0 unspecified atom stereocenters. The molecule has 0 bridgehead atoms. The van der Waals surface area contributed by atoms with Gasteiger partial charge in [0.05, 0.1) is 17.7 Å². The van der Waals surface area contributed by atoms with Crippen LogP contribution >= 0.6 is 11.8 Å². The van der Waals surface area contributed by atoms with Gasteiger partial charge >= 0.3 is 0 Å². The van der Waals surface area contributed by atoms with Gasteiger partial charge in [0.2, 0.25) is 0 Å². The van der Waals surface area contributed by atoms with Crippen LogP contribution in [-0.4, -0.2) is 42.4 Å². The number of aryl methyl sites for hydroxylation is 1. The summed E-state index contributed by atoms with van der Waals surface area (Å²) in [6, 6.07) is 29.5. The average Bonchev–Trinajstić information content (AvgIpc) is 3.52. The second-order valence-corrected chi connectivity index (χ2v) is 8.84. The number of hydrogen-bond acceptors (Lipinski definition) is 6. The summed E-state index contributed by atoms with van der Waals surface area (Å²) in [5, 5.41) is 18.0. The molecule has 9 heteroatoms. The summed E-state index contributed by atoms with van der Waals surface area (Å²) < 4.78 is 3.74. The van der Waals surface area contributed by atoms with E-state index in [-0.39, 0.29) is 11.7 Å². The van der Waals surface area contributed by atoms with E-state index in [2.05, 4.69) is 25.8 Å². The number of aromatic nitrogens is 5. The third kappa shape index (κ3) is 5.26. The van der Waals surface area contributed by atoms with E-state index in [0.717, 1.165) is 22.5 Å². The summed E-state index contributed by atoms with van der Waals surface area (Å²) in [6.07, 6.45) is 3.48. The topological polar surface area (TPSA) is 90.0 Å². The standard InChI is InChI=1S/C27H23N7OS/c1-20-18-33(22-13-7-3-8-14-22)32-24(20)17-28-29-25(35)19-36-27-31-30-26(21-11-5-2-6-12-21)34(27)23-15-9-4-10-16-23/h2-18H,19H2,1H3,(H,29,35). The van der Waals surface area contributed by atoms with Crippen molar-refractivity contribution in [1.29, 1.82) is 0 Å².